The molecule has 2 bridgehead atoms. The second-order valence-electron chi connectivity index (χ2n) is 12.4. The maximum Gasteiger partial charge on any atom is 0.355 e. The second kappa shape index (κ2) is 11.9. The zero-order chi connectivity index (χ0) is 33.9. The lowest BCUT2D eigenvalue weighted by Gasteiger charge is -2.44. The number of likely N-dealkylation sites (N-methyl/N-ethyl adjacent to an activating group) is 2. The lowest BCUT2D eigenvalue weighted by Crippen LogP contribution is -2.58. The van der Waals surface area contributed by atoms with Gasteiger partial charge in [-0.25, -0.2) is 23.1 Å². The van der Waals surface area contributed by atoms with Gasteiger partial charge in [0.1, 0.15) is 17.3 Å². The molecule has 0 spiro atoms. The first-order chi connectivity index (χ1) is 22.3. The maximum atomic E-state index is 16.4. The van der Waals surface area contributed by atoms with Gasteiger partial charge in [0.05, 0.1) is 40.3 Å². The molecule has 244 valence electrons. The molecule has 2 amide bonds. The van der Waals surface area contributed by atoms with Crippen LogP contribution in [-0.2, 0) is 9.59 Å². The molecule has 3 aromatic heterocycles. The van der Waals surface area contributed by atoms with E-state index in [4.69, 9.17) is 4.98 Å². The van der Waals surface area contributed by atoms with Crippen LogP contribution in [0.2, 0.25) is 0 Å². The van der Waals surface area contributed by atoms with Crippen LogP contribution in [0.3, 0.4) is 0 Å². The molecule has 0 aliphatic carbocycles. The molecule has 0 unspecified atom stereocenters. The van der Waals surface area contributed by atoms with Crippen LogP contribution in [0.15, 0.2) is 54.0 Å². The molecular formula is C34H36F2N8O3. The Kier molecular flexibility index (Phi) is 8.02. The number of amides is 2. The molecule has 2 aliphatic heterocycles. The summed E-state index contributed by atoms with van der Waals surface area (Å²) in [6.45, 7) is 11.7. The number of aromatic nitrogens is 4. The van der Waals surface area contributed by atoms with Crippen LogP contribution in [0.4, 0.5) is 26.0 Å². The van der Waals surface area contributed by atoms with Crippen molar-refractivity contribution in [2.24, 2.45) is 0 Å². The predicted molar refractivity (Wildman–Crippen MR) is 177 cm³/mol. The van der Waals surface area contributed by atoms with Gasteiger partial charge in [0.2, 0.25) is 11.8 Å². The van der Waals surface area contributed by atoms with E-state index >= 15 is 8.78 Å². The van der Waals surface area contributed by atoms with Crippen molar-refractivity contribution >= 4 is 40.0 Å². The van der Waals surface area contributed by atoms with Crippen LogP contribution in [0.25, 0.3) is 28.0 Å². The van der Waals surface area contributed by atoms with E-state index < -0.39 is 23.2 Å². The number of carbonyl (C=O) groups is 2. The number of rotatable bonds is 3. The molecule has 11 nitrogen and oxygen atoms in total. The number of piperazine rings is 1. The summed E-state index contributed by atoms with van der Waals surface area (Å²) >= 11 is 0. The second-order valence-corrected chi connectivity index (χ2v) is 12.4. The van der Waals surface area contributed by atoms with Gasteiger partial charge >= 0.3 is 5.69 Å². The average Bonchev–Trinajstić information content (AvgIpc) is 3.03. The highest BCUT2D eigenvalue weighted by Gasteiger charge is 2.35. The third-order valence-electron chi connectivity index (χ3n) is 8.97. The summed E-state index contributed by atoms with van der Waals surface area (Å²) in [5.41, 5.74) is 0.284. The van der Waals surface area contributed by atoms with Crippen LogP contribution in [0.1, 0.15) is 39.3 Å². The first-order valence-electron chi connectivity index (χ1n) is 15.4. The monoisotopic (exact) mass is 642 g/mol. The maximum absolute atomic E-state index is 16.4. The van der Waals surface area contributed by atoms with Crippen molar-refractivity contribution in [2.75, 3.05) is 48.4 Å². The molecule has 47 heavy (non-hydrogen) atoms. The fourth-order valence-corrected chi connectivity index (χ4v) is 6.52. The average molecular weight is 643 g/mol. The molecule has 0 saturated carbocycles. The van der Waals surface area contributed by atoms with Gasteiger partial charge in [0.15, 0.2) is 11.5 Å². The topological polar surface area (TPSA) is 108 Å². The summed E-state index contributed by atoms with van der Waals surface area (Å²) in [4.78, 5) is 60.9. The molecule has 1 saturated heterocycles. The number of nitrogens with zero attached hydrogens (tertiary/aromatic N) is 8. The standard InChI is InChI=1S/C34H36F2N8O3/c1-8-26(45)42-15-20(5)43(16-19(42)4)32-21-14-23(36)30-28-22(35)10-9-11-24(28)41(7)27(46)17-40(6)25-12-13-37-29(18(2)3)31(25)44(33(21)38-30)34(47)39-32/h8-14,18-20H,1,15-17H2,2-7H3/t19-,20+/m1/s1. The van der Waals surface area contributed by atoms with Gasteiger partial charge in [-0.05, 0) is 50.1 Å². The summed E-state index contributed by atoms with van der Waals surface area (Å²) in [5.74, 6) is -2.23. The Labute approximate surface area is 270 Å². The van der Waals surface area contributed by atoms with Gasteiger partial charge in [-0.15, -0.1) is 0 Å². The molecule has 5 heterocycles. The quantitative estimate of drug-likeness (QED) is 0.305. The Hall–Kier alpha value is -5.20. The molecule has 0 N–H and O–H groups in total. The highest BCUT2D eigenvalue weighted by Crippen LogP contribution is 2.39. The zero-order valence-corrected chi connectivity index (χ0v) is 27.2. The number of anilines is 3. The van der Waals surface area contributed by atoms with Gasteiger partial charge < -0.3 is 19.6 Å². The number of halogens is 2. The van der Waals surface area contributed by atoms with Crippen molar-refractivity contribution < 1.29 is 18.4 Å². The highest BCUT2D eigenvalue weighted by molar-refractivity contribution is 6.01. The van der Waals surface area contributed by atoms with Crippen LogP contribution in [0, 0.1) is 11.6 Å². The van der Waals surface area contributed by atoms with Gasteiger partial charge in [0.25, 0.3) is 0 Å². The van der Waals surface area contributed by atoms with Gasteiger partial charge in [0, 0.05) is 45.5 Å². The fraction of sp³-hybridized carbons (Fsp3) is 0.353. The number of pyridine rings is 2. The fourth-order valence-electron chi connectivity index (χ4n) is 6.52. The van der Waals surface area contributed by atoms with E-state index in [2.05, 4.69) is 16.5 Å². The van der Waals surface area contributed by atoms with Crippen LogP contribution in [-0.4, -0.2) is 82.0 Å². The van der Waals surface area contributed by atoms with E-state index in [0.29, 0.717) is 30.2 Å². The van der Waals surface area contributed by atoms with E-state index in [-0.39, 0.29) is 64.2 Å². The number of fused-ring (bicyclic) bond motifs is 5. The van der Waals surface area contributed by atoms with Crippen molar-refractivity contribution in [3.63, 3.8) is 0 Å². The lowest BCUT2D eigenvalue weighted by atomic mass is 10.0. The molecule has 4 aromatic rings. The van der Waals surface area contributed by atoms with Crippen molar-refractivity contribution in [3.05, 3.63) is 77.0 Å². The molecule has 2 atom stereocenters. The van der Waals surface area contributed by atoms with Crippen molar-refractivity contribution in [1.82, 2.24) is 24.4 Å². The SMILES string of the molecule is C=CC(=O)N1C[C@H](C)N(c2nc(=O)n3c4nc(c(F)cc24)-c2c(F)cccc2N(C)C(=O)CN(C)c2ccnc(C(C)C)c2-3)C[C@H]1C. The predicted octanol–water partition coefficient (Wildman–Crippen LogP) is 4.27. The molecule has 2 aliphatic rings. The first-order valence-corrected chi connectivity index (χ1v) is 15.4. The molecule has 0 radical (unpaired) electrons. The molecule has 13 heteroatoms. The third kappa shape index (κ3) is 5.19. The van der Waals surface area contributed by atoms with Crippen LogP contribution in [0.5, 0.6) is 0 Å². The summed E-state index contributed by atoms with van der Waals surface area (Å²) in [6, 6.07) is 6.48. The molecule has 1 fully saturated rings. The van der Waals surface area contributed by atoms with E-state index in [1.165, 1.54) is 46.9 Å². The Bertz CT molecular complexity index is 2010. The smallest absolute Gasteiger partial charge is 0.355 e. The minimum absolute atomic E-state index is 0.0501. The number of benzene rings is 1. The Balaban J connectivity index is 1.74. The van der Waals surface area contributed by atoms with E-state index in [1.54, 1.807) is 29.1 Å². The third-order valence-corrected chi connectivity index (χ3v) is 8.97. The van der Waals surface area contributed by atoms with E-state index in [0.717, 1.165) is 0 Å². The molecule has 6 rings (SSSR count). The van der Waals surface area contributed by atoms with Crippen LogP contribution < -0.4 is 20.4 Å². The molecular weight excluding hydrogens is 606 g/mol. The van der Waals surface area contributed by atoms with Crippen molar-refractivity contribution in [3.8, 4) is 16.9 Å². The number of hydrogen-bond donors (Lipinski definition) is 0. The van der Waals surface area contributed by atoms with E-state index in [1.807, 2.05) is 32.6 Å². The Morgan fingerprint density at radius 3 is 2.47 bits per heavy atom. The summed E-state index contributed by atoms with van der Waals surface area (Å²) in [7, 11) is 3.22. The van der Waals surface area contributed by atoms with Crippen molar-refractivity contribution in [1.29, 1.82) is 0 Å². The highest BCUT2D eigenvalue weighted by atomic mass is 19.1. The summed E-state index contributed by atoms with van der Waals surface area (Å²) in [6.07, 6.45) is 2.87. The Morgan fingerprint density at radius 2 is 1.77 bits per heavy atom. The lowest BCUT2D eigenvalue weighted by molar-refractivity contribution is -0.128. The summed E-state index contributed by atoms with van der Waals surface area (Å²) in [5, 5.41) is 0.222. The normalized spacial score (nSPS) is 18.3. The largest absolute Gasteiger partial charge is 0.363 e. The minimum atomic E-state index is -0.858. The number of hydrogen-bond acceptors (Lipinski definition) is 8. The van der Waals surface area contributed by atoms with Gasteiger partial charge in [-0.2, -0.15) is 4.98 Å². The molecule has 1 aromatic carbocycles. The van der Waals surface area contributed by atoms with Crippen molar-refractivity contribution in [2.45, 2.75) is 45.7 Å². The summed E-state index contributed by atoms with van der Waals surface area (Å²) < 4.78 is 33.4. The minimum Gasteiger partial charge on any atom is -0.363 e. The Morgan fingerprint density at radius 1 is 1.02 bits per heavy atom. The zero-order valence-electron chi connectivity index (χ0n) is 27.2. The van der Waals surface area contributed by atoms with Crippen LogP contribution >= 0.6 is 0 Å². The van der Waals surface area contributed by atoms with Gasteiger partial charge in [-0.3, -0.25) is 14.6 Å². The van der Waals surface area contributed by atoms with E-state index in [9.17, 15) is 14.4 Å². The number of carbonyl (C=O) groups excluding carboxylic acids is 2. The van der Waals surface area contributed by atoms with Gasteiger partial charge in [-0.1, -0.05) is 26.5 Å². The first kappa shape index (κ1) is 31.8.